The lowest BCUT2D eigenvalue weighted by molar-refractivity contribution is -0.126. The third-order valence-corrected chi connectivity index (χ3v) is 4.78. The van der Waals surface area contributed by atoms with Crippen LogP contribution in [0, 0.1) is 5.92 Å². The van der Waals surface area contributed by atoms with Crippen molar-refractivity contribution in [2.24, 2.45) is 5.92 Å². The summed E-state index contributed by atoms with van der Waals surface area (Å²) in [6.07, 6.45) is 5.90. The Labute approximate surface area is 157 Å². The van der Waals surface area contributed by atoms with Crippen LogP contribution in [0.25, 0.3) is 0 Å². The van der Waals surface area contributed by atoms with Crippen LogP contribution >= 0.6 is 0 Å². The Hall–Kier alpha value is -2.04. The minimum Gasteiger partial charge on any atom is -0.494 e. The summed E-state index contributed by atoms with van der Waals surface area (Å²) in [4.78, 5) is 26.8. The number of piperidine rings is 1. The Bertz CT molecular complexity index is 571. The molecule has 2 rings (SSSR count). The van der Waals surface area contributed by atoms with Crippen molar-refractivity contribution < 1.29 is 14.3 Å². The second kappa shape index (κ2) is 10.8. The summed E-state index contributed by atoms with van der Waals surface area (Å²) in [6, 6.07) is 7.33. The summed E-state index contributed by atoms with van der Waals surface area (Å²) < 4.78 is 5.64. The normalized spacial score (nSPS) is 17.0. The van der Waals surface area contributed by atoms with E-state index in [1.54, 1.807) is 4.90 Å². The summed E-state index contributed by atoms with van der Waals surface area (Å²) in [6.45, 7) is 6.87. The number of rotatable bonds is 9. The lowest BCUT2D eigenvalue weighted by Gasteiger charge is -2.32. The molecule has 1 fully saturated rings. The quantitative estimate of drug-likeness (QED) is 0.684. The second-order valence-corrected chi connectivity index (χ2v) is 6.96. The van der Waals surface area contributed by atoms with E-state index in [-0.39, 0.29) is 17.7 Å². The number of ether oxygens (including phenoxy) is 1. The van der Waals surface area contributed by atoms with Gasteiger partial charge in [0.05, 0.1) is 12.5 Å². The average molecular weight is 360 g/mol. The highest BCUT2D eigenvalue weighted by molar-refractivity contribution is 5.94. The first-order valence-corrected chi connectivity index (χ1v) is 9.95. The predicted octanol–water partition coefficient (Wildman–Crippen LogP) is 3.63. The fourth-order valence-corrected chi connectivity index (χ4v) is 3.12. The molecule has 1 aromatic rings. The average Bonchev–Trinajstić information content (AvgIpc) is 2.68. The maximum absolute atomic E-state index is 12.8. The lowest BCUT2D eigenvalue weighted by Crippen LogP contribution is -2.45. The van der Waals surface area contributed by atoms with Gasteiger partial charge in [0.15, 0.2) is 0 Å². The molecule has 1 atom stereocenters. The Morgan fingerprint density at radius 1 is 1.15 bits per heavy atom. The first kappa shape index (κ1) is 20.3. The minimum atomic E-state index is -0.0961. The zero-order valence-electron chi connectivity index (χ0n) is 16.1. The number of benzene rings is 1. The fraction of sp³-hybridized carbons (Fsp3) is 0.619. The van der Waals surface area contributed by atoms with Crippen molar-refractivity contribution in [1.29, 1.82) is 0 Å². The minimum absolute atomic E-state index is 0.00355. The van der Waals surface area contributed by atoms with Gasteiger partial charge in [0.2, 0.25) is 5.91 Å². The number of hydrogen-bond acceptors (Lipinski definition) is 3. The smallest absolute Gasteiger partial charge is 0.253 e. The van der Waals surface area contributed by atoms with Gasteiger partial charge in [0.1, 0.15) is 5.75 Å². The van der Waals surface area contributed by atoms with Crippen LogP contribution in [-0.2, 0) is 4.79 Å². The molecule has 0 bridgehead atoms. The highest BCUT2D eigenvalue weighted by Crippen LogP contribution is 2.20. The van der Waals surface area contributed by atoms with Crippen LogP contribution in [0.4, 0.5) is 0 Å². The third-order valence-electron chi connectivity index (χ3n) is 4.78. The van der Waals surface area contributed by atoms with Crippen LogP contribution in [0.15, 0.2) is 24.3 Å². The summed E-state index contributed by atoms with van der Waals surface area (Å²) in [7, 11) is 0. The molecule has 26 heavy (non-hydrogen) atoms. The molecule has 0 spiro atoms. The number of hydrogen-bond donors (Lipinski definition) is 1. The fourth-order valence-electron chi connectivity index (χ4n) is 3.12. The van der Waals surface area contributed by atoms with Crippen molar-refractivity contribution in [2.75, 3.05) is 26.2 Å². The van der Waals surface area contributed by atoms with Gasteiger partial charge >= 0.3 is 0 Å². The first-order valence-electron chi connectivity index (χ1n) is 9.95. The van der Waals surface area contributed by atoms with Gasteiger partial charge in [-0.3, -0.25) is 9.59 Å². The lowest BCUT2D eigenvalue weighted by atomic mass is 9.96. The molecule has 1 aliphatic rings. The van der Waals surface area contributed by atoms with Gasteiger partial charge in [0.25, 0.3) is 5.91 Å². The van der Waals surface area contributed by atoms with Gasteiger partial charge in [0, 0.05) is 25.2 Å². The molecule has 0 saturated carbocycles. The Morgan fingerprint density at radius 2 is 1.88 bits per heavy atom. The van der Waals surface area contributed by atoms with E-state index in [0.717, 1.165) is 50.8 Å². The van der Waals surface area contributed by atoms with E-state index >= 15 is 0 Å². The van der Waals surface area contributed by atoms with Gasteiger partial charge in [-0.15, -0.1) is 0 Å². The second-order valence-electron chi connectivity index (χ2n) is 6.96. The molecule has 1 aliphatic heterocycles. The van der Waals surface area contributed by atoms with Gasteiger partial charge < -0.3 is 15.0 Å². The zero-order chi connectivity index (χ0) is 18.8. The monoisotopic (exact) mass is 360 g/mol. The van der Waals surface area contributed by atoms with Crippen LogP contribution in [-0.4, -0.2) is 43.0 Å². The number of carbonyl (C=O) groups excluding carboxylic acids is 2. The van der Waals surface area contributed by atoms with Crippen molar-refractivity contribution in [2.45, 2.75) is 52.4 Å². The largest absolute Gasteiger partial charge is 0.494 e. The molecule has 0 aliphatic carbocycles. The highest BCUT2D eigenvalue weighted by atomic mass is 16.5. The Kier molecular flexibility index (Phi) is 8.45. The van der Waals surface area contributed by atoms with Crippen LogP contribution in [0.2, 0.25) is 0 Å². The molecule has 5 nitrogen and oxygen atoms in total. The molecule has 5 heteroatoms. The SMILES string of the molecule is CCCCNC(=O)C1CCCN(C(=O)c2ccc(OCCCC)cc2)C1. The van der Waals surface area contributed by atoms with Crippen molar-refractivity contribution in [3.63, 3.8) is 0 Å². The maximum Gasteiger partial charge on any atom is 0.253 e. The third kappa shape index (κ3) is 6.04. The van der Waals surface area contributed by atoms with Crippen LogP contribution in [0.1, 0.15) is 62.7 Å². The number of nitrogens with zero attached hydrogens (tertiary/aromatic N) is 1. The van der Waals surface area contributed by atoms with Crippen LogP contribution in [0.5, 0.6) is 5.75 Å². The summed E-state index contributed by atoms with van der Waals surface area (Å²) in [5.41, 5.74) is 0.653. The first-order chi connectivity index (χ1) is 12.7. The molecule has 1 saturated heterocycles. The summed E-state index contributed by atoms with van der Waals surface area (Å²) in [5, 5.41) is 2.99. The molecule has 144 valence electrons. The highest BCUT2D eigenvalue weighted by Gasteiger charge is 2.28. The topological polar surface area (TPSA) is 58.6 Å². The number of unbranched alkanes of at least 4 members (excludes halogenated alkanes) is 2. The number of carbonyl (C=O) groups is 2. The Balaban J connectivity index is 1.88. The number of likely N-dealkylation sites (tertiary alicyclic amines) is 1. The predicted molar refractivity (Wildman–Crippen MR) is 103 cm³/mol. The van der Waals surface area contributed by atoms with E-state index in [1.807, 2.05) is 24.3 Å². The molecule has 1 aromatic carbocycles. The standard InChI is InChI=1S/C21H32N2O3/c1-3-5-13-22-20(24)18-8-7-14-23(16-18)21(25)17-9-11-19(12-10-17)26-15-6-4-2/h9-12,18H,3-8,13-16H2,1-2H3,(H,22,24). The van der Waals surface area contributed by atoms with E-state index in [2.05, 4.69) is 19.2 Å². The number of amides is 2. The molecule has 2 amide bonds. The van der Waals surface area contributed by atoms with Gasteiger partial charge in [-0.05, 0) is 49.9 Å². The number of nitrogens with one attached hydrogen (secondary N) is 1. The van der Waals surface area contributed by atoms with Gasteiger partial charge in [-0.25, -0.2) is 0 Å². The van der Waals surface area contributed by atoms with Crippen LogP contribution in [0.3, 0.4) is 0 Å². The molecule has 0 radical (unpaired) electrons. The van der Waals surface area contributed by atoms with Crippen LogP contribution < -0.4 is 10.1 Å². The summed E-state index contributed by atoms with van der Waals surface area (Å²) in [5.74, 6) is 0.773. The van der Waals surface area contributed by atoms with Gasteiger partial charge in [-0.1, -0.05) is 26.7 Å². The van der Waals surface area contributed by atoms with Crippen molar-refractivity contribution in [3.05, 3.63) is 29.8 Å². The van der Waals surface area contributed by atoms with E-state index in [9.17, 15) is 9.59 Å². The molecule has 1 heterocycles. The molecule has 1 unspecified atom stereocenters. The molecular formula is C21H32N2O3. The summed E-state index contributed by atoms with van der Waals surface area (Å²) >= 11 is 0. The van der Waals surface area contributed by atoms with Crippen molar-refractivity contribution in [1.82, 2.24) is 10.2 Å². The zero-order valence-corrected chi connectivity index (χ0v) is 16.1. The molecule has 1 N–H and O–H groups in total. The molecule has 0 aromatic heterocycles. The van der Waals surface area contributed by atoms with E-state index < -0.39 is 0 Å². The van der Waals surface area contributed by atoms with E-state index in [1.165, 1.54) is 0 Å². The molecular weight excluding hydrogens is 328 g/mol. The van der Waals surface area contributed by atoms with Crippen molar-refractivity contribution in [3.8, 4) is 5.75 Å². The van der Waals surface area contributed by atoms with E-state index in [4.69, 9.17) is 4.74 Å². The van der Waals surface area contributed by atoms with E-state index in [0.29, 0.717) is 25.3 Å². The van der Waals surface area contributed by atoms with Crippen molar-refractivity contribution >= 4 is 11.8 Å². The maximum atomic E-state index is 12.8. The van der Waals surface area contributed by atoms with Gasteiger partial charge in [-0.2, -0.15) is 0 Å². The Morgan fingerprint density at radius 3 is 2.58 bits per heavy atom.